The van der Waals surface area contributed by atoms with Crippen molar-refractivity contribution in [1.29, 1.82) is 0 Å². The van der Waals surface area contributed by atoms with Gasteiger partial charge in [-0.3, -0.25) is 9.69 Å². The normalized spacial score (nSPS) is 17.7. The van der Waals surface area contributed by atoms with Crippen molar-refractivity contribution < 1.29 is 14.3 Å². The quantitative estimate of drug-likeness (QED) is 0.835. The summed E-state index contributed by atoms with van der Waals surface area (Å²) in [7, 11) is 3.36. The average Bonchev–Trinajstić information content (AvgIpc) is 2.56. The summed E-state index contributed by atoms with van der Waals surface area (Å²) in [5.74, 6) is 1.20. The number of carbonyl (C=O) groups is 1. The molecule has 1 unspecified atom stereocenters. The second kappa shape index (κ2) is 8.89. The topological polar surface area (TPSA) is 50.8 Å². The van der Waals surface area contributed by atoms with Crippen molar-refractivity contribution in [3.05, 3.63) is 29.8 Å². The highest BCUT2D eigenvalue weighted by atomic mass is 16.5. The van der Waals surface area contributed by atoms with E-state index in [4.69, 9.17) is 9.47 Å². The number of hydrogen-bond acceptors (Lipinski definition) is 4. The maximum absolute atomic E-state index is 12.2. The van der Waals surface area contributed by atoms with E-state index >= 15 is 0 Å². The van der Waals surface area contributed by atoms with Crippen molar-refractivity contribution in [2.45, 2.75) is 32.4 Å². The van der Waals surface area contributed by atoms with Crippen LogP contribution in [0, 0.1) is 5.92 Å². The number of amides is 1. The molecule has 1 saturated heterocycles. The van der Waals surface area contributed by atoms with Crippen LogP contribution in [0.1, 0.15) is 25.3 Å². The lowest BCUT2D eigenvalue weighted by Gasteiger charge is -2.32. The summed E-state index contributed by atoms with van der Waals surface area (Å²) in [4.78, 5) is 14.6. The minimum atomic E-state index is 0.0686. The SMILES string of the molecule is COCC(C)NC(=O)C1CCN(Cc2ccccc2OC)CC1. The van der Waals surface area contributed by atoms with Crippen molar-refractivity contribution in [2.75, 3.05) is 33.9 Å². The number of likely N-dealkylation sites (tertiary alicyclic amines) is 1. The maximum atomic E-state index is 12.2. The van der Waals surface area contributed by atoms with Gasteiger partial charge in [0.25, 0.3) is 0 Å². The summed E-state index contributed by atoms with van der Waals surface area (Å²) < 4.78 is 10.5. The Morgan fingerprint density at radius 3 is 2.65 bits per heavy atom. The lowest BCUT2D eigenvalue weighted by atomic mass is 9.95. The Labute approximate surface area is 139 Å². The highest BCUT2D eigenvalue weighted by Gasteiger charge is 2.26. The van der Waals surface area contributed by atoms with Gasteiger partial charge in [-0.25, -0.2) is 0 Å². The maximum Gasteiger partial charge on any atom is 0.223 e. The van der Waals surface area contributed by atoms with E-state index in [0.29, 0.717) is 6.61 Å². The summed E-state index contributed by atoms with van der Waals surface area (Å²) in [6.07, 6.45) is 1.81. The van der Waals surface area contributed by atoms with Crippen LogP contribution < -0.4 is 10.1 Å². The van der Waals surface area contributed by atoms with E-state index < -0.39 is 0 Å². The molecule has 0 saturated carbocycles. The third-order valence-corrected chi connectivity index (χ3v) is 4.35. The Kier molecular flexibility index (Phi) is 6.86. The predicted octanol–water partition coefficient (Wildman–Crippen LogP) is 2.06. The van der Waals surface area contributed by atoms with Crippen molar-refractivity contribution in [2.24, 2.45) is 5.92 Å². The minimum absolute atomic E-state index is 0.0686. The van der Waals surface area contributed by atoms with Crippen LogP contribution in [0.2, 0.25) is 0 Å². The Bertz CT molecular complexity index is 499. The van der Waals surface area contributed by atoms with Gasteiger partial charge in [-0.15, -0.1) is 0 Å². The first-order chi connectivity index (χ1) is 11.1. The van der Waals surface area contributed by atoms with Gasteiger partial charge >= 0.3 is 0 Å². The molecule has 0 bridgehead atoms. The van der Waals surface area contributed by atoms with Gasteiger partial charge in [-0.2, -0.15) is 0 Å². The smallest absolute Gasteiger partial charge is 0.223 e. The molecule has 0 spiro atoms. The number of carbonyl (C=O) groups excluding carboxylic acids is 1. The fraction of sp³-hybridized carbons (Fsp3) is 0.611. The molecule has 0 aromatic heterocycles. The first-order valence-electron chi connectivity index (χ1n) is 8.27. The van der Waals surface area contributed by atoms with Gasteiger partial charge < -0.3 is 14.8 Å². The monoisotopic (exact) mass is 320 g/mol. The van der Waals surface area contributed by atoms with E-state index in [0.717, 1.165) is 38.2 Å². The van der Waals surface area contributed by atoms with Crippen molar-refractivity contribution in [3.8, 4) is 5.75 Å². The zero-order valence-corrected chi connectivity index (χ0v) is 14.4. The number of rotatable bonds is 7. The van der Waals surface area contributed by atoms with Gasteiger partial charge in [0.05, 0.1) is 13.7 Å². The molecule has 1 atom stereocenters. The van der Waals surface area contributed by atoms with Gasteiger partial charge in [-0.05, 0) is 38.9 Å². The van der Waals surface area contributed by atoms with Crippen LogP contribution in [-0.4, -0.2) is 50.8 Å². The molecule has 0 aliphatic carbocycles. The van der Waals surface area contributed by atoms with Crippen molar-refractivity contribution in [3.63, 3.8) is 0 Å². The summed E-state index contributed by atoms with van der Waals surface area (Å²) >= 11 is 0. The van der Waals surface area contributed by atoms with Gasteiger partial charge in [0.15, 0.2) is 0 Å². The molecule has 128 valence electrons. The largest absolute Gasteiger partial charge is 0.496 e. The van der Waals surface area contributed by atoms with E-state index in [2.05, 4.69) is 16.3 Å². The van der Waals surface area contributed by atoms with Crippen LogP contribution in [-0.2, 0) is 16.1 Å². The van der Waals surface area contributed by atoms with Crippen molar-refractivity contribution in [1.82, 2.24) is 10.2 Å². The fourth-order valence-electron chi connectivity index (χ4n) is 3.08. The second-order valence-electron chi connectivity index (χ2n) is 6.23. The molecule has 1 heterocycles. The summed E-state index contributed by atoms with van der Waals surface area (Å²) in [5, 5.41) is 3.03. The third kappa shape index (κ3) is 5.22. The Morgan fingerprint density at radius 2 is 2.00 bits per heavy atom. The molecular formula is C18H28N2O3. The number of ether oxygens (including phenoxy) is 2. The van der Waals surface area contributed by atoms with Gasteiger partial charge in [-0.1, -0.05) is 18.2 Å². The van der Waals surface area contributed by atoms with E-state index in [9.17, 15) is 4.79 Å². The Balaban J connectivity index is 1.80. The highest BCUT2D eigenvalue weighted by molar-refractivity contribution is 5.79. The fourth-order valence-corrected chi connectivity index (χ4v) is 3.08. The highest BCUT2D eigenvalue weighted by Crippen LogP contribution is 2.23. The molecule has 1 fully saturated rings. The van der Waals surface area contributed by atoms with Gasteiger partial charge in [0.1, 0.15) is 5.75 Å². The number of piperidine rings is 1. The van der Waals surface area contributed by atoms with E-state index in [1.54, 1.807) is 14.2 Å². The molecule has 1 aliphatic rings. The molecule has 1 aromatic carbocycles. The van der Waals surface area contributed by atoms with Crippen LogP contribution in [0.3, 0.4) is 0 Å². The second-order valence-corrected chi connectivity index (χ2v) is 6.23. The zero-order valence-electron chi connectivity index (χ0n) is 14.4. The lowest BCUT2D eigenvalue weighted by molar-refractivity contribution is -0.127. The molecule has 1 aromatic rings. The summed E-state index contributed by atoms with van der Waals surface area (Å²) in [6, 6.07) is 8.19. The van der Waals surface area contributed by atoms with Gasteiger partial charge in [0.2, 0.25) is 5.91 Å². The molecular weight excluding hydrogens is 292 g/mol. The van der Waals surface area contributed by atoms with Crippen LogP contribution in [0.25, 0.3) is 0 Å². The average molecular weight is 320 g/mol. The number of benzene rings is 1. The molecule has 0 radical (unpaired) electrons. The number of nitrogens with one attached hydrogen (secondary N) is 1. The number of nitrogens with zero attached hydrogens (tertiary/aromatic N) is 1. The summed E-state index contributed by atoms with van der Waals surface area (Å²) in [5.41, 5.74) is 1.20. The van der Waals surface area contributed by atoms with Crippen molar-refractivity contribution >= 4 is 5.91 Å². The first-order valence-corrected chi connectivity index (χ1v) is 8.27. The lowest BCUT2D eigenvalue weighted by Crippen LogP contribution is -2.44. The van der Waals surface area contributed by atoms with Crippen LogP contribution in [0.15, 0.2) is 24.3 Å². The molecule has 23 heavy (non-hydrogen) atoms. The van der Waals surface area contributed by atoms with E-state index in [-0.39, 0.29) is 17.9 Å². The van der Waals surface area contributed by atoms with Crippen LogP contribution in [0.5, 0.6) is 5.75 Å². The molecule has 5 heteroatoms. The number of para-hydroxylation sites is 1. The van der Waals surface area contributed by atoms with E-state index in [1.165, 1.54) is 5.56 Å². The summed E-state index contributed by atoms with van der Waals surface area (Å²) in [6.45, 7) is 5.28. The number of methoxy groups -OCH3 is 2. The molecule has 5 nitrogen and oxygen atoms in total. The zero-order chi connectivity index (χ0) is 16.7. The van der Waals surface area contributed by atoms with Crippen LogP contribution in [0.4, 0.5) is 0 Å². The minimum Gasteiger partial charge on any atom is -0.496 e. The van der Waals surface area contributed by atoms with Crippen LogP contribution >= 0.6 is 0 Å². The molecule has 1 aliphatic heterocycles. The number of hydrogen-bond donors (Lipinski definition) is 1. The molecule has 2 rings (SSSR count). The Hall–Kier alpha value is -1.59. The standard InChI is InChI=1S/C18H28N2O3/c1-14(13-22-2)19-18(21)15-8-10-20(11-9-15)12-16-6-4-5-7-17(16)23-3/h4-7,14-15H,8-13H2,1-3H3,(H,19,21). The molecule has 1 amide bonds. The first kappa shape index (κ1) is 17.8. The molecule has 1 N–H and O–H groups in total. The predicted molar refractivity (Wildman–Crippen MR) is 90.5 cm³/mol. The Morgan fingerprint density at radius 1 is 1.30 bits per heavy atom. The van der Waals surface area contributed by atoms with Gasteiger partial charge in [0, 0.05) is 31.2 Å². The van der Waals surface area contributed by atoms with E-state index in [1.807, 2.05) is 25.1 Å². The third-order valence-electron chi connectivity index (χ3n) is 4.35.